The van der Waals surface area contributed by atoms with Gasteiger partial charge in [-0.2, -0.15) is 0 Å². The van der Waals surface area contributed by atoms with Gasteiger partial charge in [-0.1, -0.05) is 30.0 Å². The number of thiophene rings is 1. The first-order valence-electron chi connectivity index (χ1n) is 7.37. The van der Waals surface area contributed by atoms with Crippen LogP contribution in [-0.2, 0) is 0 Å². The van der Waals surface area contributed by atoms with Crippen LogP contribution in [-0.4, -0.2) is 16.0 Å². The number of nitrogens with zero attached hydrogens (tertiary/aromatic N) is 2. The van der Waals surface area contributed by atoms with Crippen molar-refractivity contribution in [3.05, 3.63) is 52.7 Å². The van der Waals surface area contributed by atoms with Crippen LogP contribution in [0.3, 0.4) is 0 Å². The molecular formula is C18H15N3S. The van der Waals surface area contributed by atoms with Crippen molar-refractivity contribution >= 4 is 27.4 Å². The molecule has 1 saturated carbocycles. The molecule has 0 aliphatic heterocycles. The Morgan fingerprint density at radius 1 is 1.14 bits per heavy atom. The average molecular weight is 305 g/mol. The second kappa shape index (κ2) is 5.43. The highest BCUT2D eigenvalue weighted by molar-refractivity contribution is 7.18. The van der Waals surface area contributed by atoms with Crippen molar-refractivity contribution in [2.24, 2.45) is 0 Å². The van der Waals surface area contributed by atoms with Crippen molar-refractivity contribution in [1.29, 1.82) is 0 Å². The molecule has 2 aromatic heterocycles. The summed E-state index contributed by atoms with van der Waals surface area (Å²) < 4.78 is 1.10. The predicted molar refractivity (Wildman–Crippen MR) is 91.2 cm³/mol. The maximum absolute atomic E-state index is 4.42. The van der Waals surface area contributed by atoms with Gasteiger partial charge in [0.1, 0.15) is 17.7 Å². The van der Waals surface area contributed by atoms with E-state index in [1.165, 1.54) is 18.4 Å². The molecule has 0 amide bonds. The van der Waals surface area contributed by atoms with Crippen LogP contribution in [0, 0.1) is 18.8 Å². The monoisotopic (exact) mass is 305 g/mol. The number of nitrogens with one attached hydrogen (secondary N) is 1. The van der Waals surface area contributed by atoms with E-state index in [0.717, 1.165) is 27.2 Å². The molecule has 1 aromatic carbocycles. The van der Waals surface area contributed by atoms with Crippen molar-refractivity contribution in [2.45, 2.75) is 25.8 Å². The lowest BCUT2D eigenvalue weighted by molar-refractivity contribution is 1.11. The summed E-state index contributed by atoms with van der Waals surface area (Å²) in [5.74, 6) is 7.46. The molecule has 1 N–H and O–H groups in total. The Hall–Kier alpha value is -2.38. The number of rotatable bonds is 2. The molecule has 3 nitrogen and oxygen atoms in total. The molecule has 0 radical (unpaired) electrons. The number of fused-ring (bicyclic) bond motifs is 1. The number of aryl methyl sites for hydroxylation is 1. The van der Waals surface area contributed by atoms with Crippen LogP contribution in [0.5, 0.6) is 0 Å². The zero-order valence-electron chi connectivity index (χ0n) is 12.3. The van der Waals surface area contributed by atoms with Crippen LogP contribution in [0.2, 0.25) is 0 Å². The van der Waals surface area contributed by atoms with Crippen LogP contribution in [0.25, 0.3) is 10.2 Å². The third kappa shape index (κ3) is 2.56. The van der Waals surface area contributed by atoms with Crippen LogP contribution < -0.4 is 5.32 Å². The summed E-state index contributed by atoms with van der Waals surface area (Å²) in [7, 11) is 0. The van der Waals surface area contributed by atoms with Gasteiger partial charge in [-0.3, -0.25) is 0 Å². The number of hydrogen-bond acceptors (Lipinski definition) is 4. The number of aromatic nitrogens is 2. The van der Waals surface area contributed by atoms with E-state index in [2.05, 4.69) is 45.5 Å². The topological polar surface area (TPSA) is 37.8 Å². The van der Waals surface area contributed by atoms with Gasteiger partial charge in [0.25, 0.3) is 0 Å². The van der Waals surface area contributed by atoms with Crippen LogP contribution in [0.15, 0.2) is 36.0 Å². The summed E-state index contributed by atoms with van der Waals surface area (Å²) in [5.41, 5.74) is 4.18. The lowest BCUT2D eigenvalue weighted by Gasteiger charge is -2.03. The van der Waals surface area contributed by atoms with E-state index in [9.17, 15) is 0 Å². The molecule has 0 atom stereocenters. The fraction of sp³-hybridized carbons (Fsp3) is 0.222. The van der Waals surface area contributed by atoms with E-state index in [-0.39, 0.29) is 0 Å². The summed E-state index contributed by atoms with van der Waals surface area (Å²) in [5, 5.41) is 5.54. The molecular weight excluding hydrogens is 290 g/mol. The first-order chi connectivity index (χ1) is 10.8. The summed E-state index contributed by atoms with van der Waals surface area (Å²) in [6.45, 7) is 2.08. The van der Waals surface area contributed by atoms with Crippen LogP contribution >= 0.6 is 11.3 Å². The molecule has 1 aliphatic carbocycles. The summed E-state index contributed by atoms with van der Waals surface area (Å²) >= 11 is 1.66. The first kappa shape index (κ1) is 13.3. The molecule has 1 aliphatic rings. The van der Waals surface area contributed by atoms with Crippen LogP contribution in [0.1, 0.15) is 29.5 Å². The fourth-order valence-electron chi connectivity index (χ4n) is 2.31. The Morgan fingerprint density at radius 2 is 1.95 bits per heavy atom. The lowest BCUT2D eigenvalue weighted by Crippen LogP contribution is -2.03. The second-order valence-electron chi connectivity index (χ2n) is 5.53. The molecule has 22 heavy (non-hydrogen) atoms. The third-order valence-electron chi connectivity index (χ3n) is 3.75. The van der Waals surface area contributed by atoms with Crippen molar-refractivity contribution in [3.63, 3.8) is 0 Å². The lowest BCUT2D eigenvalue weighted by atomic mass is 10.1. The SMILES string of the molecule is Cc1ccccc1C#Cc1csc2c(NC3CC3)ncnc12. The van der Waals surface area contributed by atoms with E-state index < -0.39 is 0 Å². The van der Waals surface area contributed by atoms with E-state index in [4.69, 9.17) is 0 Å². The van der Waals surface area contributed by atoms with Gasteiger partial charge in [0.2, 0.25) is 0 Å². The predicted octanol–water partition coefficient (Wildman–Crippen LogP) is 3.97. The molecule has 1 fully saturated rings. The van der Waals surface area contributed by atoms with Gasteiger partial charge < -0.3 is 5.32 Å². The Kier molecular flexibility index (Phi) is 3.28. The van der Waals surface area contributed by atoms with Gasteiger partial charge in [0.15, 0.2) is 0 Å². The zero-order valence-corrected chi connectivity index (χ0v) is 13.1. The average Bonchev–Trinajstić information content (AvgIpc) is 3.25. The molecule has 108 valence electrons. The molecule has 0 bridgehead atoms. The highest BCUT2D eigenvalue weighted by Crippen LogP contribution is 2.32. The molecule has 0 saturated heterocycles. The number of anilines is 1. The van der Waals surface area contributed by atoms with E-state index in [1.54, 1.807) is 17.7 Å². The Bertz CT molecular complexity index is 897. The van der Waals surface area contributed by atoms with Crippen LogP contribution in [0.4, 0.5) is 5.82 Å². The van der Waals surface area contributed by atoms with Gasteiger partial charge in [0.05, 0.1) is 10.3 Å². The zero-order chi connectivity index (χ0) is 14.9. The molecule has 0 unspecified atom stereocenters. The Labute approximate surface area is 133 Å². The maximum Gasteiger partial charge on any atom is 0.147 e. The molecule has 4 heteroatoms. The van der Waals surface area contributed by atoms with Gasteiger partial charge in [0, 0.05) is 17.0 Å². The highest BCUT2D eigenvalue weighted by Gasteiger charge is 2.22. The maximum atomic E-state index is 4.42. The van der Waals surface area contributed by atoms with Gasteiger partial charge in [-0.15, -0.1) is 11.3 Å². The van der Waals surface area contributed by atoms with Gasteiger partial charge in [-0.25, -0.2) is 9.97 Å². The number of benzene rings is 1. The van der Waals surface area contributed by atoms with Crippen molar-refractivity contribution in [2.75, 3.05) is 5.32 Å². The summed E-state index contributed by atoms with van der Waals surface area (Å²) in [6, 6.07) is 8.76. The van der Waals surface area contributed by atoms with Gasteiger partial charge in [-0.05, 0) is 31.4 Å². The largest absolute Gasteiger partial charge is 0.366 e. The molecule has 0 spiro atoms. The minimum Gasteiger partial charge on any atom is -0.366 e. The fourth-order valence-corrected chi connectivity index (χ4v) is 3.22. The molecule has 3 aromatic rings. The quantitative estimate of drug-likeness (QED) is 0.728. The van der Waals surface area contributed by atoms with Crippen molar-refractivity contribution in [3.8, 4) is 11.8 Å². The first-order valence-corrected chi connectivity index (χ1v) is 8.25. The molecule has 2 heterocycles. The van der Waals surface area contributed by atoms with E-state index >= 15 is 0 Å². The molecule has 4 rings (SSSR count). The minimum absolute atomic E-state index is 0.585. The summed E-state index contributed by atoms with van der Waals surface area (Å²) in [6.07, 6.45) is 4.09. The normalized spacial score (nSPS) is 13.7. The standard InChI is InChI=1S/C18H15N3S/c1-12-4-2-3-5-13(12)6-7-14-10-22-17-16(14)19-11-20-18(17)21-15-8-9-15/h2-5,10-11,15H,8-9H2,1H3,(H,19,20,21). The van der Waals surface area contributed by atoms with Gasteiger partial charge >= 0.3 is 0 Å². The smallest absolute Gasteiger partial charge is 0.147 e. The van der Waals surface area contributed by atoms with Crippen molar-refractivity contribution in [1.82, 2.24) is 9.97 Å². The Balaban J connectivity index is 1.73. The highest BCUT2D eigenvalue weighted by atomic mass is 32.1. The second-order valence-corrected chi connectivity index (χ2v) is 6.41. The number of hydrogen-bond donors (Lipinski definition) is 1. The van der Waals surface area contributed by atoms with Crippen molar-refractivity contribution < 1.29 is 0 Å². The van der Waals surface area contributed by atoms with E-state index in [1.807, 2.05) is 18.2 Å². The minimum atomic E-state index is 0.585. The Morgan fingerprint density at radius 3 is 2.77 bits per heavy atom. The van der Waals surface area contributed by atoms with E-state index in [0.29, 0.717) is 6.04 Å². The summed E-state index contributed by atoms with van der Waals surface area (Å²) in [4.78, 5) is 8.79. The third-order valence-corrected chi connectivity index (χ3v) is 4.72.